The van der Waals surface area contributed by atoms with Gasteiger partial charge in [-0.15, -0.1) is 0 Å². The van der Waals surface area contributed by atoms with Crippen LogP contribution in [0.15, 0.2) is 0 Å². The molecule has 2 saturated heterocycles. The smallest absolute Gasteiger partial charge is 0.475 e. The molecule has 0 bridgehead atoms. The molecule has 2 heterocycles. The number of aliphatic carboxylic acids is 1. The van der Waals surface area contributed by atoms with Crippen LogP contribution in [0.1, 0.15) is 19.3 Å². The minimum Gasteiger partial charge on any atom is -0.475 e. The topological polar surface area (TPSA) is 108 Å². The molecule has 3 aliphatic rings. The van der Waals surface area contributed by atoms with Crippen molar-refractivity contribution in [2.75, 3.05) is 59.6 Å². The highest BCUT2D eigenvalue weighted by Gasteiger charge is 2.43. The summed E-state index contributed by atoms with van der Waals surface area (Å²) < 4.78 is 43.5. The number of alkyl halides is 3. The van der Waals surface area contributed by atoms with Gasteiger partial charge in [0.2, 0.25) is 11.8 Å². The van der Waals surface area contributed by atoms with Gasteiger partial charge in [-0.05, 0) is 12.8 Å². The first kappa shape index (κ1) is 24.4. The van der Waals surface area contributed by atoms with E-state index >= 15 is 0 Å². The standard InChI is InChI=1S/C16H27N3O4.C2HF3O2/c1-17-14(20)9-18-5-7-22-12-16(10-18)11-19(6-8-23-16)15(21)13-3-2-4-13;3-2(4,5)1(6)7/h13H,2-12H2,1H3,(H,17,20);(H,6,7). The molecule has 2 aliphatic heterocycles. The Labute approximate surface area is 172 Å². The number of carbonyl (C=O) groups excluding carboxylic acids is 2. The van der Waals surface area contributed by atoms with E-state index in [1.807, 2.05) is 4.90 Å². The third kappa shape index (κ3) is 6.81. The highest BCUT2D eigenvalue weighted by atomic mass is 19.4. The number of nitrogens with one attached hydrogen (secondary N) is 1. The summed E-state index contributed by atoms with van der Waals surface area (Å²) in [5.41, 5.74) is -0.512. The number of ether oxygens (including phenoxy) is 2. The third-order valence-corrected chi connectivity index (χ3v) is 5.33. The van der Waals surface area contributed by atoms with Gasteiger partial charge in [0, 0.05) is 32.6 Å². The molecule has 0 radical (unpaired) electrons. The normalized spacial score (nSPS) is 25.5. The van der Waals surface area contributed by atoms with Gasteiger partial charge in [-0.3, -0.25) is 14.5 Å². The van der Waals surface area contributed by atoms with E-state index in [0.717, 1.165) is 19.3 Å². The van der Waals surface area contributed by atoms with Crippen LogP contribution >= 0.6 is 0 Å². The van der Waals surface area contributed by atoms with Gasteiger partial charge in [-0.25, -0.2) is 4.79 Å². The second-order valence-electron chi connectivity index (χ2n) is 7.66. The van der Waals surface area contributed by atoms with Crippen molar-refractivity contribution in [3.8, 4) is 0 Å². The van der Waals surface area contributed by atoms with E-state index < -0.39 is 17.7 Å². The molecule has 1 saturated carbocycles. The summed E-state index contributed by atoms with van der Waals surface area (Å²) in [4.78, 5) is 37.1. The SMILES string of the molecule is CNC(=O)CN1CCOCC2(C1)CN(C(=O)C1CCC1)CCO2.O=C(O)C(F)(F)F. The average Bonchev–Trinajstić information content (AvgIpc) is 2.81. The molecule has 0 aromatic rings. The Kier molecular flexibility index (Phi) is 8.44. The second-order valence-corrected chi connectivity index (χ2v) is 7.66. The second kappa shape index (κ2) is 10.4. The molecule has 0 aromatic carbocycles. The maximum Gasteiger partial charge on any atom is 0.490 e. The molecule has 1 atom stereocenters. The number of hydrogen-bond donors (Lipinski definition) is 2. The molecule has 0 aromatic heterocycles. The molecule has 9 nitrogen and oxygen atoms in total. The minimum absolute atomic E-state index is 0.0136. The van der Waals surface area contributed by atoms with E-state index in [0.29, 0.717) is 52.5 Å². The Morgan fingerprint density at radius 2 is 1.83 bits per heavy atom. The van der Waals surface area contributed by atoms with Crippen LogP contribution in [0.4, 0.5) is 13.2 Å². The third-order valence-electron chi connectivity index (χ3n) is 5.33. The van der Waals surface area contributed by atoms with Gasteiger partial charge in [0.1, 0.15) is 5.60 Å². The lowest BCUT2D eigenvalue weighted by Gasteiger charge is -2.44. The van der Waals surface area contributed by atoms with Crippen LogP contribution in [0, 0.1) is 5.92 Å². The van der Waals surface area contributed by atoms with E-state index in [1.54, 1.807) is 7.05 Å². The molecule has 1 spiro atoms. The minimum atomic E-state index is -5.08. The lowest BCUT2D eigenvalue weighted by Crippen LogP contribution is -2.61. The lowest BCUT2D eigenvalue weighted by molar-refractivity contribution is -0.192. The van der Waals surface area contributed by atoms with E-state index in [4.69, 9.17) is 19.4 Å². The van der Waals surface area contributed by atoms with E-state index in [1.165, 1.54) is 0 Å². The Balaban J connectivity index is 0.000000396. The zero-order valence-corrected chi connectivity index (χ0v) is 16.9. The number of nitrogens with zero attached hydrogens (tertiary/aromatic N) is 2. The number of hydrogen-bond acceptors (Lipinski definition) is 6. The van der Waals surface area contributed by atoms with Crippen LogP contribution in [0.3, 0.4) is 0 Å². The Morgan fingerprint density at radius 1 is 1.17 bits per heavy atom. The van der Waals surface area contributed by atoms with Gasteiger partial charge < -0.3 is 24.8 Å². The molecule has 1 unspecified atom stereocenters. The highest BCUT2D eigenvalue weighted by molar-refractivity contribution is 5.80. The molecule has 2 N–H and O–H groups in total. The molecule has 2 amide bonds. The summed E-state index contributed by atoms with van der Waals surface area (Å²) in [5.74, 6) is -2.30. The molecular weight excluding hydrogens is 411 g/mol. The fourth-order valence-electron chi connectivity index (χ4n) is 3.53. The fourth-order valence-corrected chi connectivity index (χ4v) is 3.53. The van der Waals surface area contributed by atoms with Gasteiger partial charge in [0.05, 0.1) is 32.9 Å². The van der Waals surface area contributed by atoms with E-state index in [2.05, 4.69) is 10.2 Å². The zero-order chi connectivity index (χ0) is 22.4. The number of amides is 2. The molecule has 30 heavy (non-hydrogen) atoms. The predicted molar refractivity (Wildman–Crippen MR) is 97.6 cm³/mol. The van der Waals surface area contributed by atoms with Gasteiger partial charge in [-0.1, -0.05) is 6.42 Å². The number of halogens is 3. The number of rotatable bonds is 3. The summed E-state index contributed by atoms with van der Waals surface area (Å²) in [5, 5.41) is 9.78. The molecule has 172 valence electrons. The quantitative estimate of drug-likeness (QED) is 0.642. The lowest BCUT2D eigenvalue weighted by atomic mass is 9.84. The van der Waals surface area contributed by atoms with Crippen LogP contribution in [0.2, 0.25) is 0 Å². The van der Waals surface area contributed by atoms with Crippen LogP contribution < -0.4 is 5.32 Å². The molecule has 3 rings (SSSR count). The molecule has 12 heteroatoms. The molecule has 3 fully saturated rings. The zero-order valence-electron chi connectivity index (χ0n) is 16.9. The van der Waals surface area contributed by atoms with E-state index in [-0.39, 0.29) is 17.7 Å². The number of carboxylic acid groups (broad SMARTS) is 1. The van der Waals surface area contributed by atoms with Crippen molar-refractivity contribution in [3.63, 3.8) is 0 Å². The number of carbonyl (C=O) groups is 3. The Morgan fingerprint density at radius 3 is 2.37 bits per heavy atom. The van der Waals surface area contributed by atoms with Crippen molar-refractivity contribution in [3.05, 3.63) is 0 Å². The summed E-state index contributed by atoms with van der Waals surface area (Å²) in [6, 6.07) is 0. The predicted octanol–water partition coefficient (Wildman–Crippen LogP) is 0.0956. The van der Waals surface area contributed by atoms with Crippen molar-refractivity contribution >= 4 is 17.8 Å². The van der Waals surface area contributed by atoms with Crippen molar-refractivity contribution in [2.24, 2.45) is 5.92 Å². The first-order valence-corrected chi connectivity index (χ1v) is 9.80. The fraction of sp³-hybridized carbons (Fsp3) is 0.833. The Bertz CT molecular complexity index is 629. The van der Waals surface area contributed by atoms with Gasteiger partial charge in [0.25, 0.3) is 0 Å². The maximum atomic E-state index is 12.5. The van der Waals surface area contributed by atoms with Crippen molar-refractivity contribution < 1.29 is 42.1 Å². The maximum absolute atomic E-state index is 12.5. The van der Waals surface area contributed by atoms with Crippen LogP contribution in [0.25, 0.3) is 0 Å². The van der Waals surface area contributed by atoms with Crippen LogP contribution in [-0.4, -0.2) is 104 Å². The van der Waals surface area contributed by atoms with Crippen LogP contribution in [0.5, 0.6) is 0 Å². The van der Waals surface area contributed by atoms with Crippen molar-refractivity contribution in [1.82, 2.24) is 15.1 Å². The van der Waals surface area contributed by atoms with E-state index in [9.17, 15) is 22.8 Å². The van der Waals surface area contributed by atoms with Crippen molar-refractivity contribution in [2.45, 2.75) is 31.0 Å². The van der Waals surface area contributed by atoms with Crippen molar-refractivity contribution in [1.29, 1.82) is 0 Å². The Hall–Kier alpha value is -1.92. The van der Waals surface area contributed by atoms with Crippen LogP contribution in [-0.2, 0) is 23.9 Å². The summed E-state index contributed by atoms with van der Waals surface area (Å²) in [6.07, 6.45) is -1.89. The first-order valence-electron chi connectivity index (χ1n) is 9.80. The largest absolute Gasteiger partial charge is 0.490 e. The number of likely N-dealkylation sites (N-methyl/N-ethyl adjacent to an activating group) is 1. The van der Waals surface area contributed by atoms with Gasteiger partial charge >= 0.3 is 12.1 Å². The molecule has 1 aliphatic carbocycles. The summed E-state index contributed by atoms with van der Waals surface area (Å²) in [6.45, 7) is 4.48. The molecular formula is C18H28F3N3O6. The monoisotopic (exact) mass is 439 g/mol. The number of carboxylic acids is 1. The number of morpholine rings is 1. The summed E-state index contributed by atoms with van der Waals surface area (Å²) in [7, 11) is 1.64. The first-order chi connectivity index (χ1) is 14.1. The van der Waals surface area contributed by atoms with Gasteiger partial charge in [0.15, 0.2) is 0 Å². The highest BCUT2D eigenvalue weighted by Crippen LogP contribution is 2.30. The summed E-state index contributed by atoms with van der Waals surface area (Å²) >= 11 is 0. The average molecular weight is 439 g/mol. The van der Waals surface area contributed by atoms with Gasteiger partial charge in [-0.2, -0.15) is 13.2 Å².